The Morgan fingerprint density at radius 1 is 1.50 bits per heavy atom. The van der Waals surface area contributed by atoms with Crippen molar-refractivity contribution in [3.63, 3.8) is 0 Å². The third kappa shape index (κ3) is 2.27. The number of rotatable bonds is 1. The van der Waals surface area contributed by atoms with E-state index in [1.54, 1.807) is 0 Å². The van der Waals surface area contributed by atoms with Gasteiger partial charge in [0.25, 0.3) is 0 Å². The minimum Gasteiger partial charge on any atom is -0.298 e. The summed E-state index contributed by atoms with van der Waals surface area (Å²) in [5.74, 6) is 0.392. The lowest BCUT2D eigenvalue weighted by molar-refractivity contribution is -0.117. The maximum absolute atomic E-state index is 10.7. The Morgan fingerprint density at radius 3 is 2.30 bits per heavy atom. The predicted molar refractivity (Wildman–Crippen MR) is 43.6 cm³/mol. The van der Waals surface area contributed by atoms with E-state index >= 15 is 0 Å². The van der Waals surface area contributed by atoms with Crippen molar-refractivity contribution in [1.82, 2.24) is 4.90 Å². The summed E-state index contributed by atoms with van der Waals surface area (Å²) in [6.07, 6.45) is 0.762. The van der Waals surface area contributed by atoms with Crippen LogP contribution in [0.5, 0.6) is 0 Å². The van der Waals surface area contributed by atoms with Gasteiger partial charge >= 0.3 is 0 Å². The Bertz CT molecular complexity index is 125. The first-order valence-corrected chi connectivity index (χ1v) is 3.46. The first-order chi connectivity index (χ1) is 4.20. The zero-order valence-electron chi connectivity index (χ0n) is 6.46. The largest absolute Gasteiger partial charge is 0.298 e. The lowest BCUT2D eigenvalue weighted by atomic mass is 10.3. The number of nitrogens with zero attached hydrogens (tertiary/aromatic N) is 1. The SMILES string of the molecule is CC(C)N1CCC(=O)C1.Cl. The van der Waals surface area contributed by atoms with Gasteiger partial charge in [0, 0.05) is 19.0 Å². The van der Waals surface area contributed by atoms with Crippen LogP contribution in [-0.4, -0.2) is 29.8 Å². The number of hydrogen-bond donors (Lipinski definition) is 0. The molecule has 0 aromatic rings. The summed E-state index contributed by atoms with van der Waals surface area (Å²) < 4.78 is 0. The Balaban J connectivity index is 0.000000810. The smallest absolute Gasteiger partial charge is 0.148 e. The van der Waals surface area contributed by atoms with Gasteiger partial charge in [0.15, 0.2) is 0 Å². The second-order valence-corrected chi connectivity index (χ2v) is 2.85. The van der Waals surface area contributed by atoms with Crippen molar-refractivity contribution in [2.75, 3.05) is 13.1 Å². The Kier molecular flexibility index (Phi) is 3.91. The molecule has 0 aromatic heterocycles. The standard InChI is InChI=1S/C7H13NO.ClH/c1-6(2)8-4-3-7(9)5-8;/h6H,3-5H2,1-2H3;1H. The van der Waals surface area contributed by atoms with E-state index in [2.05, 4.69) is 18.7 Å². The molecule has 0 radical (unpaired) electrons. The first kappa shape index (κ1) is 9.92. The number of hydrogen-bond acceptors (Lipinski definition) is 2. The molecule has 0 saturated carbocycles. The van der Waals surface area contributed by atoms with E-state index < -0.39 is 0 Å². The Morgan fingerprint density at radius 2 is 2.10 bits per heavy atom. The van der Waals surface area contributed by atoms with E-state index in [0.717, 1.165) is 13.0 Å². The summed E-state index contributed by atoms with van der Waals surface area (Å²) in [4.78, 5) is 12.9. The molecule has 1 heterocycles. The molecule has 0 aliphatic carbocycles. The third-order valence-corrected chi connectivity index (χ3v) is 1.79. The summed E-state index contributed by atoms with van der Waals surface area (Å²) in [6, 6.07) is 0.538. The quantitative estimate of drug-likeness (QED) is 0.577. The van der Waals surface area contributed by atoms with Crippen LogP contribution in [0.3, 0.4) is 0 Å². The minimum atomic E-state index is 0. The van der Waals surface area contributed by atoms with Crippen LogP contribution in [0.25, 0.3) is 0 Å². The molecule has 1 fully saturated rings. The molecule has 1 aliphatic heterocycles. The van der Waals surface area contributed by atoms with Crippen LogP contribution in [0.1, 0.15) is 20.3 Å². The lowest BCUT2D eigenvalue weighted by Gasteiger charge is -2.17. The molecule has 0 aromatic carbocycles. The summed E-state index contributed by atoms with van der Waals surface area (Å²) >= 11 is 0. The van der Waals surface area contributed by atoms with Crippen LogP contribution in [0.2, 0.25) is 0 Å². The number of Topliss-reactive ketones (excluding diaryl/α,β-unsaturated/α-hetero) is 1. The van der Waals surface area contributed by atoms with Gasteiger partial charge < -0.3 is 0 Å². The zero-order valence-corrected chi connectivity index (χ0v) is 7.28. The van der Waals surface area contributed by atoms with Gasteiger partial charge in [0.05, 0.1) is 6.54 Å². The minimum absolute atomic E-state index is 0. The lowest BCUT2D eigenvalue weighted by Crippen LogP contribution is -2.28. The van der Waals surface area contributed by atoms with Crippen LogP contribution in [0, 0.1) is 0 Å². The van der Waals surface area contributed by atoms with E-state index in [-0.39, 0.29) is 12.4 Å². The summed E-state index contributed by atoms with van der Waals surface area (Å²) in [5, 5.41) is 0. The number of halogens is 1. The number of likely N-dealkylation sites (tertiary alicyclic amines) is 1. The molecule has 1 rings (SSSR count). The first-order valence-electron chi connectivity index (χ1n) is 3.46. The van der Waals surface area contributed by atoms with Gasteiger partial charge in [-0.3, -0.25) is 9.69 Å². The van der Waals surface area contributed by atoms with Gasteiger partial charge in [0.2, 0.25) is 0 Å². The van der Waals surface area contributed by atoms with Gasteiger partial charge in [-0.2, -0.15) is 0 Å². The second kappa shape index (κ2) is 3.94. The second-order valence-electron chi connectivity index (χ2n) is 2.85. The zero-order chi connectivity index (χ0) is 6.85. The molecule has 0 N–H and O–H groups in total. The third-order valence-electron chi connectivity index (χ3n) is 1.79. The fourth-order valence-electron chi connectivity index (χ4n) is 1.09. The maximum Gasteiger partial charge on any atom is 0.148 e. The molecule has 2 nitrogen and oxygen atoms in total. The highest BCUT2D eigenvalue weighted by molar-refractivity contribution is 5.85. The monoisotopic (exact) mass is 163 g/mol. The highest BCUT2D eigenvalue weighted by Gasteiger charge is 2.20. The van der Waals surface area contributed by atoms with Crippen molar-refractivity contribution in [3.05, 3.63) is 0 Å². The van der Waals surface area contributed by atoms with Crippen molar-refractivity contribution < 1.29 is 4.79 Å². The summed E-state index contributed by atoms with van der Waals surface area (Å²) in [7, 11) is 0. The Labute approximate surface area is 68.0 Å². The molecule has 0 unspecified atom stereocenters. The van der Waals surface area contributed by atoms with E-state index in [4.69, 9.17) is 0 Å². The van der Waals surface area contributed by atoms with Gasteiger partial charge in [0.1, 0.15) is 5.78 Å². The van der Waals surface area contributed by atoms with Gasteiger partial charge in [-0.1, -0.05) is 0 Å². The van der Waals surface area contributed by atoms with Crippen molar-refractivity contribution in [2.24, 2.45) is 0 Å². The number of ketones is 1. The van der Waals surface area contributed by atoms with Crippen molar-refractivity contribution in [2.45, 2.75) is 26.3 Å². The topological polar surface area (TPSA) is 20.3 Å². The van der Waals surface area contributed by atoms with Crippen LogP contribution < -0.4 is 0 Å². The van der Waals surface area contributed by atoms with Crippen molar-refractivity contribution in [3.8, 4) is 0 Å². The fourth-order valence-corrected chi connectivity index (χ4v) is 1.09. The normalized spacial score (nSPS) is 19.7. The highest BCUT2D eigenvalue weighted by Crippen LogP contribution is 2.07. The van der Waals surface area contributed by atoms with Crippen LogP contribution >= 0.6 is 12.4 Å². The van der Waals surface area contributed by atoms with E-state index in [0.29, 0.717) is 18.4 Å². The average molecular weight is 164 g/mol. The molecule has 0 atom stereocenters. The van der Waals surface area contributed by atoms with Gasteiger partial charge in [-0.15, -0.1) is 12.4 Å². The van der Waals surface area contributed by atoms with E-state index in [1.165, 1.54) is 0 Å². The van der Waals surface area contributed by atoms with E-state index in [9.17, 15) is 4.79 Å². The van der Waals surface area contributed by atoms with E-state index in [1.807, 2.05) is 0 Å². The molecule has 10 heavy (non-hydrogen) atoms. The molecule has 0 amide bonds. The summed E-state index contributed by atoms with van der Waals surface area (Å²) in [6.45, 7) is 5.89. The van der Waals surface area contributed by atoms with Crippen LogP contribution in [0.4, 0.5) is 0 Å². The predicted octanol–water partition coefficient (Wildman–Crippen LogP) is 1.09. The average Bonchev–Trinajstić information content (AvgIpc) is 2.14. The molecule has 3 heteroatoms. The summed E-state index contributed by atoms with van der Waals surface area (Å²) in [5.41, 5.74) is 0. The molecule has 0 spiro atoms. The fraction of sp³-hybridized carbons (Fsp3) is 0.857. The maximum atomic E-state index is 10.7. The van der Waals surface area contributed by atoms with Crippen LogP contribution in [0.15, 0.2) is 0 Å². The molecule has 1 aliphatic rings. The van der Waals surface area contributed by atoms with Crippen molar-refractivity contribution >= 4 is 18.2 Å². The number of carbonyl (C=O) groups is 1. The molecule has 60 valence electrons. The molecular formula is C7H14ClNO. The van der Waals surface area contributed by atoms with Crippen LogP contribution in [-0.2, 0) is 4.79 Å². The molecular weight excluding hydrogens is 150 g/mol. The van der Waals surface area contributed by atoms with Gasteiger partial charge in [-0.25, -0.2) is 0 Å². The highest BCUT2D eigenvalue weighted by atomic mass is 35.5. The van der Waals surface area contributed by atoms with Gasteiger partial charge in [-0.05, 0) is 13.8 Å². The molecule has 1 saturated heterocycles. The molecule has 0 bridgehead atoms. The number of carbonyl (C=O) groups excluding carboxylic acids is 1. The van der Waals surface area contributed by atoms with Crippen molar-refractivity contribution in [1.29, 1.82) is 0 Å². The Hall–Kier alpha value is -0.0800.